The van der Waals surface area contributed by atoms with Crippen molar-refractivity contribution in [2.45, 2.75) is 76.4 Å². The SMILES string of the molecule is CN1CCC23CCC=CC2C1Cc1c(CCC(=O)OC(C)(C)C)cc(O)c(O)c13. The van der Waals surface area contributed by atoms with E-state index < -0.39 is 5.60 Å². The van der Waals surface area contributed by atoms with Crippen LogP contribution in [-0.2, 0) is 27.8 Å². The van der Waals surface area contributed by atoms with Gasteiger partial charge in [-0.1, -0.05) is 12.2 Å². The van der Waals surface area contributed by atoms with Crippen LogP contribution in [0.2, 0.25) is 0 Å². The minimum absolute atomic E-state index is 0.0457. The van der Waals surface area contributed by atoms with Crippen LogP contribution in [0.1, 0.15) is 63.1 Å². The quantitative estimate of drug-likeness (QED) is 0.459. The highest BCUT2D eigenvalue weighted by atomic mass is 16.6. The van der Waals surface area contributed by atoms with Gasteiger partial charge in [0.1, 0.15) is 5.60 Å². The maximum absolute atomic E-state index is 12.3. The molecular formula is C24H33NO4. The average molecular weight is 400 g/mol. The first-order valence-corrected chi connectivity index (χ1v) is 10.8. The molecule has 0 spiro atoms. The number of likely N-dealkylation sites (N-methyl/N-ethyl adjacent to an activating group) is 1. The zero-order valence-corrected chi connectivity index (χ0v) is 18.0. The number of benzene rings is 1. The topological polar surface area (TPSA) is 70.0 Å². The van der Waals surface area contributed by atoms with Crippen LogP contribution in [-0.4, -0.2) is 46.3 Å². The molecule has 5 nitrogen and oxygen atoms in total. The molecule has 1 aromatic rings. The zero-order chi connectivity index (χ0) is 21.0. The zero-order valence-electron chi connectivity index (χ0n) is 18.0. The van der Waals surface area contributed by atoms with Gasteiger partial charge in [0.05, 0.1) is 0 Å². The van der Waals surface area contributed by atoms with Gasteiger partial charge in [0.15, 0.2) is 11.5 Å². The first-order chi connectivity index (χ1) is 13.6. The smallest absolute Gasteiger partial charge is 0.306 e. The third kappa shape index (κ3) is 3.43. The molecular weight excluding hydrogens is 366 g/mol. The van der Waals surface area contributed by atoms with Crippen molar-refractivity contribution in [3.63, 3.8) is 0 Å². The predicted molar refractivity (Wildman–Crippen MR) is 112 cm³/mol. The summed E-state index contributed by atoms with van der Waals surface area (Å²) in [5.41, 5.74) is 2.41. The van der Waals surface area contributed by atoms with Crippen LogP contribution in [0.5, 0.6) is 11.5 Å². The highest BCUT2D eigenvalue weighted by molar-refractivity contribution is 5.70. The Bertz CT molecular complexity index is 853. The Morgan fingerprint density at radius 3 is 2.79 bits per heavy atom. The number of carbonyl (C=O) groups is 1. The number of ether oxygens (including phenoxy) is 1. The number of phenolic OH excluding ortho intramolecular Hbond substituents is 2. The van der Waals surface area contributed by atoms with Crippen molar-refractivity contribution in [3.8, 4) is 11.5 Å². The molecule has 3 unspecified atom stereocenters. The van der Waals surface area contributed by atoms with Gasteiger partial charge in [0, 0.05) is 29.4 Å². The van der Waals surface area contributed by atoms with E-state index in [1.807, 2.05) is 20.8 Å². The van der Waals surface area contributed by atoms with E-state index >= 15 is 0 Å². The number of allylic oxidation sites excluding steroid dienone is 1. The van der Waals surface area contributed by atoms with E-state index in [2.05, 4.69) is 24.1 Å². The molecule has 1 saturated heterocycles. The molecule has 1 aliphatic heterocycles. The van der Waals surface area contributed by atoms with E-state index in [0.29, 0.717) is 18.4 Å². The Morgan fingerprint density at radius 1 is 1.31 bits per heavy atom. The van der Waals surface area contributed by atoms with Crippen LogP contribution in [0.3, 0.4) is 0 Å². The summed E-state index contributed by atoms with van der Waals surface area (Å²) in [7, 11) is 2.18. The number of nitrogens with zero attached hydrogens (tertiary/aromatic N) is 1. The second-order valence-electron chi connectivity index (χ2n) is 9.99. The van der Waals surface area contributed by atoms with Crippen LogP contribution in [0.4, 0.5) is 0 Å². The molecule has 0 amide bonds. The highest BCUT2D eigenvalue weighted by Gasteiger charge is 2.54. The van der Waals surface area contributed by atoms with Gasteiger partial charge in [-0.15, -0.1) is 0 Å². The van der Waals surface area contributed by atoms with Crippen molar-refractivity contribution >= 4 is 5.97 Å². The number of piperidine rings is 1. The Hall–Kier alpha value is -2.01. The summed E-state index contributed by atoms with van der Waals surface area (Å²) in [6, 6.07) is 2.04. The van der Waals surface area contributed by atoms with Gasteiger partial charge < -0.3 is 19.8 Å². The minimum atomic E-state index is -0.506. The maximum atomic E-state index is 12.3. The van der Waals surface area contributed by atoms with Crippen molar-refractivity contribution in [2.75, 3.05) is 13.6 Å². The maximum Gasteiger partial charge on any atom is 0.306 e. The van der Waals surface area contributed by atoms with Crippen molar-refractivity contribution < 1.29 is 19.7 Å². The number of carbonyl (C=O) groups excluding carboxylic acids is 1. The molecule has 158 valence electrons. The summed E-state index contributed by atoms with van der Waals surface area (Å²) in [5, 5.41) is 21.5. The number of phenols is 2. The van der Waals surface area contributed by atoms with E-state index in [-0.39, 0.29) is 29.3 Å². The second-order valence-corrected chi connectivity index (χ2v) is 9.99. The lowest BCUT2D eigenvalue weighted by Crippen LogP contribution is -2.59. The third-order valence-electron chi connectivity index (χ3n) is 7.04. The minimum Gasteiger partial charge on any atom is -0.504 e. The summed E-state index contributed by atoms with van der Waals surface area (Å²) in [4.78, 5) is 14.7. The molecule has 2 bridgehead atoms. The first kappa shape index (κ1) is 20.3. The molecule has 3 aliphatic rings. The second kappa shape index (κ2) is 7.05. The molecule has 29 heavy (non-hydrogen) atoms. The number of likely N-dealkylation sites (tertiary alicyclic amines) is 1. The molecule has 1 aromatic carbocycles. The van der Waals surface area contributed by atoms with Crippen molar-refractivity contribution in [3.05, 3.63) is 34.9 Å². The van der Waals surface area contributed by atoms with E-state index in [4.69, 9.17) is 4.74 Å². The Morgan fingerprint density at radius 2 is 2.07 bits per heavy atom. The fourth-order valence-corrected chi connectivity index (χ4v) is 5.82. The Balaban J connectivity index is 1.74. The summed E-state index contributed by atoms with van der Waals surface area (Å²) in [6.45, 7) is 6.60. The first-order valence-electron chi connectivity index (χ1n) is 10.8. The molecule has 0 radical (unpaired) electrons. The van der Waals surface area contributed by atoms with Gasteiger partial charge in [0.2, 0.25) is 0 Å². The molecule has 4 rings (SSSR count). The van der Waals surface area contributed by atoms with E-state index in [1.54, 1.807) is 6.07 Å². The number of aromatic hydroxyl groups is 2. The third-order valence-corrected chi connectivity index (χ3v) is 7.04. The molecule has 1 fully saturated rings. The molecule has 2 N–H and O–H groups in total. The van der Waals surface area contributed by atoms with Crippen molar-refractivity contribution in [1.29, 1.82) is 0 Å². The van der Waals surface area contributed by atoms with Gasteiger partial charge in [-0.25, -0.2) is 0 Å². The molecule has 3 atom stereocenters. The molecule has 1 heterocycles. The largest absolute Gasteiger partial charge is 0.504 e. The van der Waals surface area contributed by atoms with Crippen LogP contribution in [0, 0.1) is 5.92 Å². The fourth-order valence-electron chi connectivity index (χ4n) is 5.82. The van der Waals surface area contributed by atoms with Crippen molar-refractivity contribution in [1.82, 2.24) is 4.90 Å². The van der Waals surface area contributed by atoms with Gasteiger partial charge in [-0.2, -0.15) is 0 Å². The lowest BCUT2D eigenvalue weighted by atomic mass is 9.53. The van der Waals surface area contributed by atoms with Gasteiger partial charge in [-0.3, -0.25) is 4.79 Å². The van der Waals surface area contributed by atoms with Crippen LogP contribution in [0.15, 0.2) is 18.2 Å². The van der Waals surface area contributed by atoms with Gasteiger partial charge >= 0.3 is 5.97 Å². The summed E-state index contributed by atoms with van der Waals surface area (Å²) in [6.07, 6.45) is 9.18. The standard InChI is InChI=1S/C24H33NO4/c1-23(2,3)29-20(27)9-8-15-13-19(26)22(28)21-16(15)14-18-17-7-5-6-10-24(17,21)11-12-25(18)4/h5,7,13,17-18,26,28H,6,8-12,14H2,1-4H3. The van der Waals surface area contributed by atoms with E-state index in [1.165, 1.54) is 0 Å². The normalized spacial score (nSPS) is 28.6. The molecule has 5 heteroatoms. The van der Waals surface area contributed by atoms with Gasteiger partial charge in [-0.05, 0) is 83.7 Å². The van der Waals surface area contributed by atoms with Crippen molar-refractivity contribution in [2.24, 2.45) is 5.92 Å². The van der Waals surface area contributed by atoms with E-state index in [0.717, 1.165) is 48.9 Å². The number of aryl methyl sites for hydroxylation is 1. The number of hydrogen-bond donors (Lipinski definition) is 2. The van der Waals surface area contributed by atoms with Crippen LogP contribution < -0.4 is 0 Å². The van der Waals surface area contributed by atoms with Gasteiger partial charge in [0.25, 0.3) is 0 Å². The van der Waals surface area contributed by atoms with Crippen LogP contribution in [0.25, 0.3) is 0 Å². The number of rotatable bonds is 3. The summed E-state index contributed by atoms with van der Waals surface area (Å²) < 4.78 is 5.47. The summed E-state index contributed by atoms with van der Waals surface area (Å²) in [5.74, 6) is 0.102. The molecule has 0 aromatic heterocycles. The number of esters is 1. The van der Waals surface area contributed by atoms with E-state index in [9.17, 15) is 15.0 Å². The number of hydrogen-bond acceptors (Lipinski definition) is 5. The number of fused-ring (bicyclic) bond motifs is 1. The lowest BCUT2D eigenvalue weighted by Gasteiger charge is -2.57. The predicted octanol–water partition coefficient (Wildman–Crippen LogP) is 3.84. The highest BCUT2D eigenvalue weighted by Crippen LogP contribution is 2.58. The average Bonchev–Trinajstić information content (AvgIpc) is 2.64. The van der Waals surface area contributed by atoms with Crippen LogP contribution >= 0.6 is 0 Å². The summed E-state index contributed by atoms with van der Waals surface area (Å²) >= 11 is 0. The molecule has 2 aliphatic carbocycles. The Kier molecular flexibility index (Phi) is 4.93. The molecule has 0 saturated carbocycles. The Labute approximate surface area is 173 Å². The monoisotopic (exact) mass is 399 g/mol. The fraction of sp³-hybridized carbons (Fsp3) is 0.625. The lowest BCUT2D eigenvalue weighted by molar-refractivity contribution is -0.154.